The van der Waals surface area contributed by atoms with Crippen LogP contribution in [0.3, 0.4) is 0 Å². The van der Waals surface area contributed by atoms with E-state index in [9.17, 15) is 19.2 Å². The van der Waals surface area contributed by atoms with E-state index in [4.69, 9.17) is 10.5 Å². The van der Waals surface area contributed by atoms with Crippen molar-refractivity contribution in [2.45, 2.75) is 122 Å². The number of ether oxygens (including phenoxy) is 1. The molecule has 0 spiro atoms. The molecule has 0 aromatic heterocycles. The third-order valence-electron chi connectivity index (χ3n) is 7.53. The van der Waals surface area contributed by atoms with Gasteiger partial charge >= 0.3 is 6.09 Å². The second-order valence-electron chi connectivity index (χ2n) is 12.1. The van der Waals surface area contributed by atoms with E-state index in [-0.39, 0.29) is 36.8 Å². The minimum Gasteiger partial charge on any atom is -0.444 e. The summed E-state index contributed by atoms with van der Waals surface area (Å²) in [6.07, 6.45) is 5.90. The summed E-state index contributed by atoms with van der Waals surface area (Å²) in [6, 6.07) is 5.77. The molecule has 2 aliphatic carbocycles. The number of hydrogen-bond donors (Lipinski definition) is 3. The first-order valence-corrected chi connectivity index (χ1v) is 14.4. The van der Waals surface area contributed by atoms with E-state index in [2.05, 4.69) is 17.6 Å². The average molecular weight is 543 g/mol. The highest BCUT2D eigenvalue weighted by molar-refractivity contribution is 5.93. The molecule has 4 atom stereocenters. The summed E-state index contributed by atoms with van der Waals surface area (Å²) in [6.45, 7) is 9.31. The SMILES string of the molecule is CCc1ccc(C(C(=O)NC2CCCCC2)N(C(=O)C(CCC(N)=O)NC(=O)OC(C)(C)C)C2CC2C)cc1. The molecule has 9 heteroatoms. The molecule has 2 fully saturated rings. The predicted octanol–water partition coefficient (Wildman–Crippen LogP) is 4.13. The summed E-state index contributed by atoms with van der Waals surface area (Å²) in [5, 5.41) is 5.88. The van der Waals surface area contributed by atoms with Gasteiger partial charge in [0, 0.05) is 18.5 Å². The first-order chi connectivity index (χ1) is 18.4. The predicted molar refractivity (Wildman–Crippen MR) is 150 cm³/mol. The Hall–Kier alpha value is -3.10. The maximum absolute atomic E-state index is 14.2. The highest BCUT2D eigenvalue weighted by atomic mass is 16.6. The van der Waals surface area contributed by atoms with Gasteiger partial charge in [-0.2, -0.15) is 0 Å². The van der Waals surface area contributed by atoms with Crippen LogP contribution in [0.1, 0.15) is 103 Å². The molecular weight excluding hydrogens is 496 g/mol. The van der Waals surface area contributed by atoms with Gasteiger partial charge < -0.3 is 26.0 Å². The average Bonchev–Trinajstić information content (AvgIpc) is 3.59. The zero-order valence-corrected chi connectivity index (χ0v) is 24.1. The van der Waals surface area contributed by atoms with Crippen molar-refractivity contribution in [2.75, 3.05) is 0 Å². The fourth-order valence-corrected chi connectivity index (χ4v) is 5.25. The van der Waals surface area contributed by atoms with Gasteiger partial charge in [-0.15, -0.1) is 0 Å². The summed E-state index contributed by atoms with van der Waals surface area (Å²) in [5.41, 5.74) is 6.49. The molecular formula is C30H46N4O5. The molecule has 4 N–H and O–H groups in total. The monoisotopic (exact) mass is 542 g/mol. The van der Waals surface area contributed by atoms with Gasteiger partial charge in [-0.1, -0.05) is 57.4 Å². The van der Waals surface area contributed by atoms with Crippen LogP contribution in [0.5, 0.6) is 0 Å². The standard InChI is InChI=1S/C30H46N4O5/c1-6-20-12-14-21(15-13-20)26(27(36)32-22-10-8-7-9-11-22)34(24-18-19(24)2)28(37)23(16-17-25(31)35)33-29(38)39-30(3,4)5/h12-15,19,22-24,26H,6-11,16-18H2,1-5H3,(H2,31,35)(H,32,36)(H,33,38). The van der Waals surface area contributed by atoms with Crippen LogP contribution in [0, 0.1) is 5.92 Å². The van der Waals surface area contributed by atoms with Crippen molar-refractivity contribution in [1.29, 1.82) is 0 Å². The van der Waals surface area contributed by atoms with Gasteiger partial charge in [0.15, 0.2) is 0 Å². The van der Waals surface area contributed by atoms with Crippen LogP contribution in [-0.2, 0) is 25.5 Å². The summed E-state index contributed by atoms with van der Waals surface area (Å²) >= 11 is 0. The molecule has 9 nitrogen and oxygen atoms in total. The maximum atomic E-state index is 14.2. The Bertz CT molecular complexity index is 1010. The number of nitrogens with two attached hydrogens (primary N) is 1. The van der Waals surface area contributed by atoms with Gasteiger partial charge in [0.1, 0.15) is 17.7 Å². The zero-order valence-electron chi connectivity index (χ0n) is 24.1. The molecule has 4 amide bonds. The Kier molecular flexibility index (Phi) is 10.4. The van der Waals surface area contributed by atoms with E-state index >= 15 is 0 Å². The number of benzene rings is 1. The molecule has 4 unspecified atom stereocenters. The highest BCUT2D eigenvalue weighted by Gasteiger charge is 2.48. The molecule has 39 heavy (non-hydrogen) atoms. The maximum Gasteiger partial charge on any atom is 0.408 e. The lowest BCUT2D eigenvalue weighted by Crippen LogP contribution is -2.55. The number of primary amides is 1. The number of aryl methyl sites for hydroxylation is 1. The summed E-state index contributed by atoms with van der Waals surface area (Å²) in [4.78, 5) is 54.2. The minimum absolute atomic E-state index is 0.0107. The molecule has 2 aliphatic rings. The second-order valence-corrected chi connectivity index (χ2v) is 12.1. The number of rotatable bonds is 11. The summed E-state index contributed by atoms with van der Waals surface area (Å²) < 4.78 is 5.40. The van der Waals surface area contributed by atoms with Gasteiger partial charge in [0.2, 0.25) is 17.7 Å². The Balaban J connectivity index is 1.97. The molecule has 0 bridgehead atoms. The number of amides is 4. The number of nitrogens with zero attached hydrogens (tertiary/aromatic N) is 1. The molecule has 2 saturated carbocycles. The smallest absolute Gasteiger partial charge is 0.408 e. The van der Waals surface area contributed by atoms with Gasteiger partial charge in [-0.3, -0.25) is 14.4 Å². The van der Waals surface area contributed by atoms with E-state index in [0.717, 1.165) is 56.1 Å². The zero-order chi connectivity index (χ0) is 28.7. The molecule has 216 valence electrons. The first kappa shape index (κ1) is 30.4. The van der Waals surface area contributed by atoms with E-state index in [1.807, 2.05) is 31.2 Å². The van der Waals surface area contributed by atoms with E-state index in [0.29, 0.717) is 0 Å². The van der Waals surface area contributed by atoms with Gasteiger partial charge in [-0.05, 0) is 69.9 Å². The molecule has 1 aromatic rings. The lowest BCUT2D eigenvalue weighted by Gasteiger charge is -2.36. The lowest BCUT2D eigenvalue weighted by atomic mass is 9.94. The second kappa shape index (κ2) is 13.3. The van der Waals surface area contributed by atoms with E-state index in [1.165, 1.54) is 0 Å². The fraction of sp³-hybridized carbons (Fsp3) is 0.667. The molecule has 0 aliphatic heterocycles. The van der Waals surface area contributed by atoms with Crippen molar-refractivity contribution < 1.29 is 23.9 Å². The van der Waals surface area contributed by atoms with Crippen molar-refractivity contribution in [3.8, 4) is 0 Å². The van der Waals surface area contributed by atoms with Crippen molar-refractivity contribution >= 4 is 23.8 Å². The quantitative estimate of drug-likeness (QED) is 0.387. The number of alkyl carbamates (subject to hydrolysis) is 1. The molecule has 0 radical (unpaired) electrons. The third-order valence-corrected chi connectivity index (χ3v) is 7.53. The van der Waals surface area contributed by atoms with Crippen LogP contribution in [0.25, 0.3) is 0 Å². The number of carbonyl (C=O) groups excluding carboxylic acids is 4. The van der Waals surface area contributed by atoms with Crippen molar-refractivity contribution in [2.24, 2.45) is 11.7 Å². The van der Waals surface area contributed by atoms with Crippen LogP contribution in [-0.4, -0.2) is 52.4 Å². The van der Waals surface area contributed by atoms with Crippen LogP contribution >= 0.6 is 0 Å². The van der Waals surface area contributed by atoms with Crippen molar-refractivity contribution in [1.82, 2.24) is 15.5 Å². The van der Waals surface area contributed by atoms with Gasteiger partial charge in [0.05, 0.1) is 0 Å². The Morgan fingerprint density at radius 1 is 1.08 bits per heavy atom. The van der Waals surface area contributed by atoms with Crippen molar-refractivity contribution in [3.05, 3.63) is 35.4 Å². The van der Waals surface area contributed by atoms with Crippen LogP contribution in [0.15, 0.2) is 24.3 Å². The largest absolute Gasteiger partial charge is 0.444 e. The topological polar surface area (TPSA) is 131 Å². The van der Waals surface area contributed by atoms with Crippen LogP contribution in [0.2, 0.25) is 0 Å². The van der Waals surface area contributed by atoms with Gasteiger partial charge in [0.25, 0.3) is 0 Å². The lowest BCUT2D eigenvalue weighted by molar-refractivity contribution is -0.144. The molecule has 0 saturated heterocycles. The Labute approximate surface area is 232 Å². The summed E-state index contributed by atoms with van der Waals surface area (Å²) in [7, 11) is 0. The molecule has 1 aromatic carbocycles. The van der Waals surface area contributed by atoms with Crippen LogP contribution in [0.4, 0.5) is 4.79 Å². The normalized spacial score (nSPS) is 20.8. The third kappa shape index (κ3) is 8.97. The van der Waals surface area contributed by atoms with E-state index in [1.54, 1.807) is 25.7 Å². The molecule has 3 rings (SSSR count). The fourth-order valence-electron chi connectivity index (χ4n) is 5.25. The molecule has 0 heterocycles. The number of carbonyl (C=O) groups is 4. The van der Waals surface area contributed by atoms with Crippen LogP contribution < -0.4 is 16.4 Å². The first-order valence-electron chi connectivity index (χ1n) is 14.4. The Morgan fingerprint density at radius 3 is 2.21 bits per heavy atom. The Morgan fingerprint density at radius 2 is 1.69 bits per heavy atom. The minimum atomic E-state index is -1.07. The number of nitrogens with one attached hydrogen (secondary N) is 2. The summed E-state index contributed by atoms with van der Waals surface area (Å²) in [5.74, 6) is -1.01. The highest BCUT2D eigenvalue weighted by Crippen LogP contribution is 2.41. The van der Waals surface area contributed by atoms with E-state index < -0.39 is 35.6 Å². The van der Waals surface area contributed by atoms with Gasteiger partial charge in [-0.25, -0.2) is 4.79 Å². The number of hydrogen-bond acceptors (Lipinski definition) is 5. The van der Waals surface area contributed by atoms with Crippen molar-refractivity contribution in [3.63, 3.8) is 0 Å².